The Morgan fingerprint density at radius 3 is 1.64 bits per heavy atom. The van der Waals surface area contributed by atoms with Crippen LogP contribution in [0.2, 0.25) is 0 Å². The van der Waals surface area contributed by atoms with Gasteiger partial charge in [-0.05, 0) is 0 Å². The van der Waals surface area contributed by atoms with Crippen molar-refractivity contribution in [1.82, 2.24) is 0 Å². The van der Waals surface area contributed by atoms with Gasteiger partial charge >= 0.3 is 203 Å². The molecule has 0 amide bonds. The predicted octanol–water partition coefficient (Wildman–Crippen LogP) is 6.48. The van der Waals surface area contributed by atoms with Gasteiger partial charge in [0.1, 0.15) is 0 Å². The first-order valence-corrected chi connectivity index (χ1v) is 13.7. The molecule has 2 nitrogen and oxygen atoms in total. The van der Waals surface area contributed by atoms with E-state index in [2.05, 4.69) is 0 Å². The van der Waals surface area contributed by atoms with Crippen molar-refractivity contribution in [3.05, 3.63) is 81.2 Å². The van der Waals surface area contributed by atoms with Crippen LogP contribution >= 0.6 is 0 Å². The first kappa shape index (κ1) is 25.4. The zero-order chi connectivity index (χ0) is 24.0. The van der Waals surface area contributed by atoms with Gasteiger partial charge in [0, 0.05) is 0 Å². The SMILES string of the molecule is CCOc1ccc(-c2ccc(C)[se]2)c(F)c1F.CCOc1ccc(-c2ccc[se]2)c(F)c1F. The molecule has 0 aliphatic rings. The molecule has 2 heterocycles. The van der Waals surface area contributed by atoms with Gasteiger partial charge in [-0.3, -0.25) is 0 Å². The molecular weight excluding hydrogens is 566 g/mol. The fourth-order valence-corrected chi connectivity index (χ4v) is 6.41. The summed E-state index contributed by atoms with van der Waals surface area (Å²) in [6.45, 7) is 6.11. The Morgan fingerprint density at radius 2 is 1.21 bits per heavy atom. The van der Waals surface area contributed by atoms with Crippen molar-refractivity contribution in [2.75, 3.05) is 13.2 Å². The average molecular weight is 588 g/mol. The van der Waals surface area contributed by atoms with Crippen molar-refractivity contribution in [3.8, 4) is 31.5 Å². The minimum absolute atomic E-state index is 0.0236. The summed E-state index contributed by atoms with van der Waals surface area (Å²) in [7, 11) is 0. The molecular formula is C25H22F4O2Se2. The molecule has 8 heteroatoms. The van der Waals surface area contributed by atoms with E-state index >= 15 is 0 Å². The number of halogens is 4. The molecule has 0 aliphatic carbocycles. The molecule has 0 radical (unpaired) electrons. The molecule has 0 bridgehead atoms. The van der Waals surface area contributed by atoms with Crippen molar-refractivity contribution < 1.29 is 27.0 Å². The molecule has 33 heavy (non-hydrogen) atoms. The third-order valence-corrected chi connectivity index (χ3v) is 8.55. The molecule has 2 aromatic carbocycles. The zero-order valence-electron chi connectivity index (χ0n) is 18.3. The second-order valence-electron chi connectivity index (χ2n) is 6.73. The van der Waals surface area contributed by atoms with E-state index in [1.54, 1.807) is 26.0 Å². The van der Waals surface area contributed by atoms with Gasteiger partial charge in [-0.1, -0.05) is 0 Å². The molecule has 0 saturated carbocycles. The fourth-order valence-electron chi connectivity index (χ4n) is 2.99. The summed E-state index contributed by atoms with van der Waals surface area (Å²) in [5.41, 5.74) is 0.685. The van der Waals surface area contributed by atoms with E-state index in [-0.39, 0.29) is 40.5 Å². The maximum atomic E-state index is 13.9. The normalized spacial score (nSPS) is 10.5. The minimum atomic E-state index is -0.900. The maximum absolute atomic E-state index is 13.9. The van der Waals surface area contributed by atoms with Gasteiger partial charge in [0.25, 0.3) is 0 Å². The topological polar surface area (TPSA) is 18.5 Å². The summed E-state index contributed by atoms with van der Waals surface area (Å²) in [6, 6.07) is 13.6. The first-order chi connectivity index (χ1) is 15.9. The molecule has 0 saturated heterocycles. The van der Waals surface area contributed by atoms with E-state index in [0.29, 0.717) is 24.3 Å². The van der Waals surface area contributed by atoms with E-state index in [1.165, 1.54) is 16.6 Å². The van der Waals surface area contributed by atoms with Gasteiger partial charge in [0.2, 0.25) is 0 Å². The van der Waals surface area contributed by atoms with Gasteiger partial charge in [-0.25, -0.2) is 0 Å². The summed E-state index contributed by atoms with van der Waals surface area (Å²) < 4.78 is 67.7. The predicted molar refractivity (Wildman–Crippen MR) is 125 cm³/mol. The third-order valence-electron chi connectivity index (χ3n) is 4.49. The molecule has 0 atom stereocenters. The molecule has 0 unspecified atom stereocenters. The standard InChI is InChI=1S/C13H12F2OSe.C12H10F2OSe/c1-3-16-10-6-5-9(12(14)13(10)15)11-7-4-8(2)17-11;1-2-15-9-6-5-8(11(13)12(9)14)10-4-3-7-16-10/h4-7H,3H2,1-2H3;3-7H,2H2,1H3. The van der Waals surface area contributed by atoms with Gasteiger partial charge < -0.3 is 0 Å². The molecule has 4 rings (SSSR count). The Bertz CT molecular complexity index is 1200. The Hall–Kier alpha value is -2.24. The van der Waals surface area contributed by atoms with Gasteiger partial charge in [-0.2, -0.15) is 0 Å². The third kappa shape index (κ3) is 6.01. The molecule has 0 spiro atoms. The Balaban J connectivity index is 0.000000186. The van der Waals surface area contributed by atoms with E-state index in [0.717, 1.165) is 8.87 Å². The number of ether oxygens (including phenoxy) is 2. The van der Waals surface area contributed by atoms with Crippen LogP contribution in [0.1, 0.15) is 18.3 Å². The van der Waals surface area contributed by atoms with Gasteiger partial charge in [0.05, 0.1) is 0 Å². The summed E-state index contributed by atoms with van der Waals surface area (Å²) >= 11 is 0.195. The molecule has 174 valence electrons. The van der Waals surface area contributed by atoms with Crippen molar-refractivity contribution in [2.24, 2.45) is 0 Å². The average Bonchev–Trinajstić information content (AvgIpc) is 3.48. The van der Waals surface area contributed by atoms with Crippen molar-refractivity contribution in [2.45, 2.75) is 20.8 Å². The molecule has 0 fully saturated rings. The van der Waals surface area contributed by atoms with Crippen LogP contribution in [-0.4, -0.2) is 42.2 Å². The number of hydrogen-bond donors (Lipinski definition) is 0. The molecule has 2 aromatic heterocycles. The van der Waals surface area contributed by atoms with Gasteiger partial charge in [-0.15, -0.1) is 0 Å². The van der Waals surface area contributed by atoms with E-state index in [4.69, 9.17) is 9.47 Å². The number of aryl methyl sites for hydroxylation is 1. The van der Waals surface area contributed by atoms with Crippen LogP contribution in [0.25, 0.3) is 20.0 Å². The second kappa shape index (κ2) is 11.8. The fraction of sp³-hybridized carbons (Fsp3) is 0.200. The summed E-state index contributed by atoms with van der Waals surface area (Å²) in [6.07, 6.45) is 0. The van der Waals surface area contributed by atoms with E-state index < -0.39 is 23.3 Å². The zero-order valence-corrected chi connectivity index (χ0v) is 21.7. The van der Waals surface area contributed by atoms with Crippen molar-refractivity contribution in [3.63, 3.8) is 0 Å². The number of benzene rings is 2. The van der Waals surface area contributed by atoms with E-state index in [9.17, 15) is 17.6 Å². The Labute approximate surface area is 202 Å². The molecule has 0 aliphatic heterocycles. The number of hydrogen-bond acceptors (Lipinski definition) is 2. The monoisotopic (exact) mass is 590 g/mol. The van der Waals surface area contributed by atoms with Gasteiger partial charge in [0.15, 0.2) is 0 Å². The van der Waals surface area contributed by atoms with Crippen molar-refractivity contribution >= 4 is 29.0 Å². The Morgan fingerprint density at radius 1 is 0.667 bits per heavy atom. The second-order valence-corrected chi connectivity index (χ2v) is 11.4. The first-order valence-electron chi connectivity index (χ1n) is 10.2. The molecule has 0 N–H and O–H groups in total. The summed E-state index contributed by atoms with van der Waals surface area (Å²) in [5.74, 6) is -3.48. The van der Waals surface area contributed by atoms with Crippen LogP contribution in [-0.2, 0) is 0 Å². The molecule has 4 aromatic rings. The quantitative estimate of drug-likeness (QED) is 0.190. The van der Waals surface area contributed by atoms with Crippen molar-refractivity contribution in [1.29, 1.82) is 0 Å². The summed E-state index contributed by atoms with van der Waals surface area (Å²) in [4.78, 5) is 1.97. The van der Waals surface area contributed by atoms with Crippen LogP contribution in [0.4, 0.5) is 17.6 Å². The van der Waals surface area contributed by atoms with Crippen LogP contribution in [0.3, 0.4) is 0 Å². The van der Waals surface area contributed by atoms with Crippen LogP contribution in [0.5, 0.6) is 11.5 Å². The van der Waals surface area contributed by atoms with Crippen LogP contribution < -0.4 is 9.47 Å². The van der Waals surface area contributed by atoms with Crippen LogP contribution in [0, 0.1) is 30.2 Å². The van der Waals surface area contributed by atoms with Crippen LogP contribution in [0.15, 0.2) is 53.5 Å². The van der Waals surface area contributed by atoms with E-state index in [1.807, 2.05) is 36.1 Å². The Kier molecular flexibility index (Phi) is 9.04. The summed E-state index contributed by atoms with van der Waals surface area (Å²) in [5, 5.41) is 0. The number of rotatable bonds is 6.